The van der Waals surface area contributed by atoms with Gasteiger partial charge in [-0.1, -0.05) is 52.2 Å². The Morgan fingerprint density at radius 2 is 1.80 bits per heavy atom. The molecule has 88 valence electrons. The molecule has 0 saturated carbocycles. The van der Waals surface area contributed by atoms with Gasteiger partial charge in [-0.2, -0.15) is 0 Å². The molecule has 0 aliphatic carbocycles. The van der Waals surface area contributed by atoms with Crippen molar-refractivity contribution in [2.45, 2.75) is 52.9 Å². The van der Waals surface area contributed by atoms with Gasteiger partial charge in [-0.3, -0.25) is 0 Å². The molecule has 0 amide bonds. The van der Waals surface area contributed by atoms with Gasteiger partial charge in [0.25, 0.3) is 0 Å². The molecule has 0 aliphatic rings. The normalized spacial score (nSPS) is 16.7. The molecule has 3 unspecified atom stereocenters. The quantitative estimate of drug-likeness (QED) is 0.456. The second kappa shape index (κ2) is 8.76. The summed E-state index contributed by atoms with van der Waals surface area (Å²) in [6.07, 6.45) is 10.5. The van der Waals surface area contributed by atoms with Gasteiger partial charge in [0.05, 0.1) is 0 Å². The third kappa shape index (κ3) is 5.81. The van der Waals surface area contributed by atoms with Gasteiger partial charge < -0.3 is 0 Å². The third-order valence-electron chi connectivity index (χ3n) is 3.59. The van der Waals surface area contributed by atoms with Crippen LogP contribution in [-0.4, -0.2) is 0 Å². The average Bonchev–Trinajstić information content (AvgIpc) is 2.26. The van der Waals surface area contributed by atoms with E-state index in [0.717, 1.165) is 18.3 Å². The van der Waals surface area contributed by atoms with Gasteiger partial charge in [0.2, 0.25) is 0 Å². The highest BCUT2D eigenvalue weighted by Crippen LogP contribution is 2.28. The molecule has 15 heavy (non-hydrogen) atoms. The van der Waals surface area contributed by atoms with Crippen LogP contribution in [0.4, 0.5) is 0 Å². The van der Waals surface area contributed by atoms with E-state index in [1.165, 1.54) is 25.7 Å². The standard InChI is InChI=1S/C15H28/c1-6-9-11-13(4)14(5)15(8-3)12-10-7-2/h7-8,13-15H,2-3,6,9-12H2,1,4-5H3. The summed E-state index contributed by atoms with van der Waals surface area (Å²) in [5.41, 5.74) is 0. The first-order chi connectivity index (χ1) is 7.17. The Balaban J connectivity index is 4.04. The molecule has 0 saturated heterocycles. The largest absolute Gasteiger partial charge is 0.103 e. The highest BCUT2D eigenvalue weighted by molar-refractivity contribution is 4.86. The fraction of sp³-hybridized carbons (Fsp3) is 0.733. The summed E-state index contributed by atoms with van der Waals surface area (Å²) in [5, 5.41) is 0. The molecule has 0 aromatic carbocycles. The van der Waals surface area contributed by atoms with Gasteiger partial charge in [0.15, 0.2) is 0 Å². The average molecular weight is 208 g/mol. The summed E-state index contributed by atoms with van der Waals surface area (Å²) in [6.45, 7) is 14.8. The second-order valence-electron chi connectivity index (χ2n) is 4.74. The Morgan fingerprint density at radius 1 is 1.13 bits per heavy atom. The van der Waals surface area contributed by atoms with Crippen LogP contribution in [0.5, 0.6) is 0 Å². The molecule has 3 atom stereocenters. The molecular formula is C15H28. The summed E-state index contributed by atoms with van der Waals surface area (Å²) in [5.74, 6) is 2.24. The Kier molecular flexibility index (Phi) is 8.46. The van der Waals surface area contributed by atoms with Crippen LogP contribution in [0.1, 0.15) is 52.9 Å². The highest BCUT2D eigenvalue weighted by atomic mass is 14.2. The number of rotatable bonds is 9. The zero-order valence-electron chi connectivity index (χ0n) is 10.8. The van der Waals surface area contributed by atoms with E-state index in [-0.39, 0.29) is 0 Å². The Morgan fingerprint density at radius 3 is 2.27 bits per heavy atom. The van der Waals surface area contributed by atoms with Crippen LogP contribution < -0.4 is 0 Å². The molecule has 0 rings (SSSR count). The van der Waals surface area contributed by atoms with Crippen molar-refractivity contribution in [1.82, 2.24) is 0 Å². The maximum atomic E-state index is 3.96. The predicted molar refractivity (Wildman–Crippen MR) is 71.0 cm³/mol. The molecule has 0 aromatic rings. The van der Waals surface area contributed by atoms with Gasteiger partial charge in [-0.15, -0.1) is 13.2 Å². The van der Waals surface area contributed by atoms with Crippen molar-refractivity contribution < 1.29 is 0 Å². The number of unbranched alkanes of at least 4 members (excludes halogenated alkanes) is 1. The van der Waals surface area contributed by atoms with E-state index >= 15 is 0 Å². The zero-order valence-corrected chi connectivity index (χ0v) is 10.8. The molecule has 0 fully saturated rings. The van der Waals surface area contributed by atoms with Gasteiger partial charge in [-0.05, 0) is 30.6 Å². The fourth-order valence-corrected chi connectivity index (χ4v) is 2.12. The molecule has 0 aliphatic heterocycles. The number of hydrogen-bond acceptors (Lipinski definition) is 0. The lowest BCUT2D eigenvalue weighted by molar-refractivity contribution is 0.274. The van der Waals surface area contributed by atoms with Gasteiger partial charge in [0.1, 0.15) is 0 Å². The van der Waals surface area contributed by atoms with Crippen molar-refractivity contribution in [1.29, 1.82) is 0 Å². The molecule has 0 heteroatoms. The zero-order chi connectivity index (χ0) is 11.7. The summed E-state index contributed by atoms with van der Waals surface area (Å²) >= 11 is 0. The molecule has 0 aromatic heterocycles. The van der Waals surface area contributed by atoms with Crippen LogP contribution in [-0.2, 0) is 0 Å². The highest BCUT2D eigenvalue weighted by Gasteiger charge is 2.19. The van der Waals surface area contributed by atoms with Crippen molar-refractivity contribution in [3.8, 4) is 0 Å². The van der Waals surface area contributed by atoms with Crippen molar-refractivity contribution in [2.75, 3.05) is 0 Å². The summed E-state index contributed by atoms with van der Waals surface area (Å²) < 4.78 is 0. The van der Waals surface area contributed by atoms with E-state index in [9.17, 15) is 0 Å². The molecule has 0 spiro atoms. The molecule has 0 nitrogen and oxygen atoms in total. The minimum Gasteiger partial charge on any atom is -0.103 e. The van der Waals surface area contributed by atoms with E-state index in [4.69, 9.17) is 0 Å². The van der Waals surface area contributed by atoms with Crippen molar-refractivity contribution in [3.63, 3.8) is 0 Å². The molecule has 0 N–H and O–H groups in total. The Hall–Kier alpha value is -0.520. The molecule has 0 bridgehead atoms. The number of hydrogen-bond donors (Lipinski definition) is 0. The lowest BCUT2D eigenvalue weighted by Gasteiger charge is -2.26. The third-order valence-corrected chi connectivity index (χ3v) is 3.59. The van der Waals surface area contributed by atoms with Gasteiger partial charge >= 0.3 is 0 Å². The van der Waals surface area contributed by atoms with Crippen LogP contribution in [0.25, 0.3) is 0 Å². The lowest BCUT2D eigenvalue weighted by Crippen LogP contribution is -2.17. The Labute approximate surface area is 96.5 Å². The van der Waals surface area contributed by atoms with Gasteiger partial charge in [-0.25, -0.2) is 0 Å². The van der Waals surface area contributed by atoms with E-state index in [1.54, 1.807) is 0 Å². The van der Waals surface area contributed by atoms with Crippen LogP contribution >= 0.6 is 0 Å². The first-order valence-electron chi connectivity index (χ1n) is 6.40. The van der Waals surface area contributed by atoms with Crippen molar-refractivity contribution in [3.05, 3.63) is 25.3 Å². The second-order valence-corrected chi connectivity index (χ2v) is 4.74. The maximum Gasteiger partial charge on any atom is -0.0205 e. The van der Waals surface area contributed by atoms with E-state index in [0.29, 0.717) is 5.92 Å². The Bertz CT molecular complexity index is 169. The molecule has 0 heterocycles. The topological polar surface area (TPSA) is 0 Å². The van der Waals surface area contributed by atoms with Crippen LogP contribution in [0.2, 0.25) is 0 Å². The van der Waals surface area contributed by atoms with E-state index in [1.807, 2.05) is 6.08 Å². The van der Waals surface area contributed by atoms with Gasteiger partial charge in [0, 0.05) is 0 Å². The van der Waals surface area contributed by atoms with Crippen LogP contribution in [0.3, 0.4) is 0 Å². The SMILES string of the molecule is C=CCCC(C=C)C(C)C(C)CCCC. The molecular weight excluding hydrogens is 180 g/mol. The smallest absolute Gasteiger partial charge is 0.0205 e. The maximum absolute atomic E-state index is 3.96. The minimum absolute atomic E-state index is 0.662. The van der Waals surface area contributed by atoms with Crippen LogP contribution in [0, 0.1) is 17.8 Å². The monoisotopic (exact) mass is 208 g/mol. The van der Waals surface area contributed by atoms with Crippen LogP contribution in [0.15, 0.2) is 25.3 Å². The number of allylic oxidation sites excluding steroid dienone is 2. The first kappa shape index (κ1) is 14.5. The fourth-order valence-electron chi connectivity index (χ4n) is 2.12. The summed E-state index contributed by atoms with van der Waals surface area (Å²) in [4.78, 5) is 0. The van der Waals surface area contributed by atoms with E-state index < -0.39 is 0 Å². The minimum atomic E-state index is 0.662. The lowest BCUT2D eigenvalue weighted by atomic mass is 9.79. The first-order valence-corrected chi connectivity index (χ1v) is 6.40. The van der Waals surface area contributed by atoms with Crippen molar-refractivity contribution in [2.24, 2.45) is 17.8 Å². The summed E-state index contributed by atoms with van der Waals surface area (Å²) in [7, 11) is 0. The van der Waals surface area contributed by atoms with Crippen molar-refractivity contribution >= 4 is 0 Å². The predicted octanol–water partition coefficient (Wildman–Crippen LogP) is 5.22. The summed E-state index contributed by atoms with van der Waals surface area (Å²) in [6, 6.07) is 0. The van der Waals surface area contributed by atoms with E-state index in [2.05, 4.69) is 40.0 Å². The molecule has 0 radical (unpaired) electrons.